The normalized spacial score (nSPS) is 14.6. The summed E-state index contributed by atoms with van der Waals surface area (Å²) in [6, 6.07) is 8.14. The summed E-state index contributed by atoms with van der Waals surface area (Å²) in [5.41, 5.74) is 1.22. The summed E-state index contributed by atoms with van der Waals surface area (Å²) in [6.45, 7) is 5.00. The van der Waals surface area contributed by atoms with Gasteiger partial charge in [-0.25, -0.2) is 0 Å². The number of aromatic nitrogens is 2. The Hall–Kier alpha value is -1.27. The molecule has 3 rings (SSSR count). The van der Waals surface area contributed by atoms with Crippen LogP contribution in [0.3, 0.4) is 0 Å². The first-order valence-electron chi connectivity index (χ1n) is 7.22. The van der Waals surface area contributed by atoms with Crippen LogP contribution < -0.4 is 9.64 Å². The van der Waals surface area contributed by atoms with Crippen molar-refractivity contribution in [1.29, 1.82) is 0 Å². The lowest BCUT2D eigenvalue weighted by Crippen LogP contribution is -2.17. The maximum atomic E-state index is 5.74. The van der Waals surface area contributed by atoms with Gasteiger partial charge in [-0.15, -0.1) is 10.2 Å². The summed E-state index contributed by atoms with van der Waals surface area (Å²) < 4.78 is 6.77. The molecule has 4 nitrogen and oxygen atoms in total. The van der Waals surface area contributed by atoms with Crippen LogP contribution >= 0.6 is 23.1 Å². The molecule has 21 heavy (non-hydrogen) atoms. The van der Waals surface area contributed by atoms with Crippen molar-refractivity contribution in [2.75, 3.05) is 30.3 Å². The van der Waals surface area contributed by atoms with Crippen LogP contribution in [0, 0.1) is 6.92 Å². The topological polar surface area (TPSA) is 38.3 Å². The average Bonchev–Trinajstić information content (AvgIpc) is 3.14. The van der Waals surface area contributed by atoms with Crippen molar-refractivity contribution in [2.24, 2.45) is 0 Å². The second-order valence-corrected chi connectivity index (χ2v) is 7.36. The fourth-order valence-electron chi connectivity index (χ4n) is 2.29. The lowest BCUT2D eigenvalue weighted by Gasteiger charge is -2.10. The fraction of sp³-hybridized carbons (Fsp3) is 0.467. The number of rotatable bonds is 6. The molecule has 0 atom stereocenters. The molecule has 1 saturated heterocycles. The van der Waals surface area contributed by atoms with Gasteiger partial charge in [-0.3, -0.25) is 0 Å². The van der Waals surface area contributed by atoms with Crippen LogP contribution in [0.5, 0.6) is 5.75 Å². The van der Waals surface area contributed by atoms with Crippen molar-refractivity contribution in [3.63, 3.8) is 0 Å². The molecule has 0 bridgehead atoms. The first-order chi connectivity index (χ1) is 10.3. The van der Waals surface area contributed by atoms with E-state index in [1.165, 1.54) is 18.4 Å². The highest BCUT2D eigenvalue weighted by molar-refractivity contribution is 8.01. The lowest BCUT2D eigenvalue weighted by atomic mass is 10.2. The predicted molar refractivity (Wildman–Crippen MR) is 88.8 cm³/mol. The van der Waals surface area contributed by atoms with Gasteiger partial charge in [-0.1, -0.05) is 35.2 Å². The molecule has 0 aliphatic carbocycles. The Kier molecular flexibility index (Phi) is 4.98. The third kappa shape index (κ3) is 4.11. The van der Waals surface area contributed by atoms with E-state index in [2.05, 4.69) is 34.2 Å². The van der Waals surface area contributed by atoms with Crippen molar-refractivity contribution in [2.45, 2.75) is 24.1 Å². The maximum absolute atomic E-state index is 5.74. The van der Waals surface area contributed by atoms with Gasteiger partial charge in [0.05, 0.1) is 6.61 Å². The number of ether oxygens (including phenoxy) is 1. The first-order valence-corrected chi connectivity index (χ1v) is 9.02. The molecule has 0 unspecified atom stereocenters. The molecule has 0 radical (unpaired) electrons. The van der Waals surface area contributed by atoms with Gasteiger partial charge in [0.15, 0.2) is 4.34 Å². The minimum atomic E-state index is 0.687. The number of nitrogens with zero attached hydrogens (tertiary/aromatic N) is 3. The standard InChI is InChI=1S/C15H19N3OS2/c1-12-5-4-6-13(11-12)19-9-10-20-15-17-16-14(21-15)18-7-2-3-8-18/h4-6,11H,2-3,7-10H2,1H3. The van der Waals surface area contributed by atoms with Gasteiger partial charge in [0.2, 0.25) is 5.13 Å². The predicted octanol–water partition coefficient (Wildman–Crippen LogP) is 3.62. The molecule has 112 valence electrons. The maximum Gasteiger partial charge on any atom is 0.209 e. The number of hydrogen-bond acceptors (Lipinski definition) is 6. The first kappa shape index (κ1) is 14.7. The largest absolute Gasteiger partial charge is 0.493 e. The van der Waals surface area contributed by atoms with Crippen LogP contribution in [0.2, 0.25) is 0 Å². The zero-order valence-electron chi connectivity index (χ0n) is 12.1. The van der Waals surface area contributed by atoms with Gasteiger partial charge < -0.3 is 9.64 Å². The van der Waals surface area contributed by atoms with Crippen molar-refractivity contribution >= 4 is 28.2 Å². The van der Waals surface area contributed by atoms with Crippen LogP contribution in [-0.4, -0.2) is 35.6 Å². The van der Waals surface area contributed by atoms with Crippen LogP contribution in [0.1, 0.15) is 18.4 Å². The van der Waals surface area contributed by atoms with E-state index in [0.29, 0.717) is 6.61 Å². The third-order valence-electron chi connectivity index (χ3n) is 3.34. The summed E-state index contributed by atoms with van der Waals surface area (Å²) in [4.78, 5) is 2.32. The van der Waals surface area contributed by atoms with Crippen molar-refractivity contribution in [3.05, 3.63) is 29.8 Å². The number of hydrogen-bond donors (Lipinski definition) is 0. The van der Waals surface area contributed by atoms with E-state index in [4.69, 9.17) is 4.74 Å². The summed E-state index contributed by atoms with van der Waals surface area (Å²) in [5, 5.41) is 9.60. The molecule has 1 fully saturated rings. The Labute approximate surface area is 133 Å². The summed E-state index contributed by atoms with van der Waals surface area (Å²) >= 11 is 3.41. The molecule has 0 amide bonds. The van der Waals surface area contributed by atoms with E-state index in [9.17, 15) is 0 Å². The van der Waals surface area contributed by atoms with Gasteiger partial charge in [0, 0.05) is 18.8 Å². The highest BCUT2D eigenvalue weighted by atomic mass is 32.2. The van der Waals surface area contributed by atoms with Gasteiger partial charge in [0.1, 0.15) is 5.75 Å². The van der Waals surface area contributed by atoms with E-state index < -0.39 is 0 Å². The van der Waals surface area contributed by atoms with Crippen molar-refractivity contribution < 1.29 is 4.74 Å². The highest BCUT2D eigenvalue weighted by Gasteiger charge is 2.16. The van der Waals surface area contributed by atoms with E-state index in [1.807, 2.05) is 12.1 Å². The number of aryl methyl sites for hydroxylation is 1. The number of benzene rings is 1. The molecule has 1 aromatic heterocycles. The Balaban J connectivity index is 1.43. The zero-order chi connectivity index (χ0) is 14.5. The van der Waals surface area contributed by atoms with Crippen molar-refractivity contribution in [3.8, 4) is 5.75 Å². The average molecular weight is 321 g/mol. The molecule has 2 heterocycles. The van der Waals surface area contributed by atoms with Crippen molar-refractivity contribution in [1.82, 2.24) is 10.2 Å². The third-order valence-corrected chi connectivity index (χ3v) is 5.42. The van der Waals surface area contributed by atoms with Crippen LogP contribution in [0.15, 0.2) is 28.6 Å². The second kappa shape index (κ2) is 7.13. The Morgan fingerprint density at radius 3 is 2.95 bits per heavy atom. The Bertz CT molecular complexity index is 582. The van der Waals surface area contributed by atoms with Gasteiger partial charge in [-0.2, -0.15) is 0 Å². The van der Waals surface area contributed by atoms with E-state index in [0.717, 1.165) is 34.1 Å². The van der Waals surface area contributed by atoms with E-state index in [1.54, 1.807) is 23.1 Å². The molecule has 0 saturated carbocycles. The molecule has 1 aromatic carbocycles. The summed E-state index contributed by atoms with van der Waals surface area (Å²) in [5.74, 6) is 1.83. The minimum Gasteiger partial charge on any atom is -0.493 e. The minimum absolute atomic E-state index is 0.687. The Morgan fingerprint density at radius 1 is 1.29 bits per heavy atom. The number of anilines is 1. The highest BCUT2D eigenvalue weighted by Crippen LogP contribution is 2.29. The second-order valence-electron chi connectivity index (χ2n) is 5.06. The summed E-state index contributed by atoms with van der Waals surface area (Å²) in [7, 11) is 0. The molecular weight excluding hydrogens is 302 g/mol. The van der Waals surface area contributed by atoms with Gasteiger partial charge >= 0.3 is 0 Å². The lowest BCUT2D eigenvalue weighted by molar-refractivity contribution is 0.343. The quantitative estimate of drug-likeness (QED) is 0.600. The molecule has 1 aliphatic heterocycles. The van der Waals surface area contributed by atoms with Crippen LogP contribution in [0.25, 0.3) is 0 Å². The molecular formula is C15H19N3OS2. The monoisotopic (exact) mass is 321 g/mol. The van der Waals surface area contributed by atoms with Crippen LogP contribution in [-0.2, 0) is 0 Å². The Morgan fingerprint density at radius 2 is 2.14 bits per heavy atom. The van der Waals surface area contributed by atoms with E-state index in [-0.39, 0.29) is 0 Å². The van der Waals surface area contributed by atoms with Gasteiger partial charge in [0.25, 0.3) is 0 Å². The molecule has 2 aromatic rings. The fourth-order valence-corrected chi connectivity index (χ4v) is 4.07. The molecule has 6 heteroatoms. The SMILES string of the molecule is Cc1cccc(OCCSc2nnc(N3CCCC3)s2)c1. The number of thioether (sulfide) groups is 1. The molecule has 0 N–H and O–H groups in total. The van der Waals surface area contributed by atoms with E-state index >= 15 is 0 Å². The van der Waals surface area contributed by atoms with Crippen LogP contribution in [0.4, 0.5) is 5.13 Å². The summed E-state index contributed by atoms with van der Waals surface area (Å²) in [6.07, 6.45) is 2.54. The molecule has 1 aliphatic rings. The smallest absolute Gasteiger partial charge is 0.209 e. The molecule has 0 spiro atoms. The van der Waals surface area contributed by atoms with Gasteiger partial charge in [-0.05, 0) is 37.5 Å². The zero-order valence-corrected chi connectivity index (χ0v) is 13.8.